The van der Waals surface area contributed by atoms with Crippen LogP contribution >= 0.6 is 11.6 Å². The van der Waals surface area contributed by atoms with Crippen molar-refractivity contribution in [2.45, 2.75) is 32.8 Å². The van der Waals surface area contributed by atoms with E-state index >= 15 is 0 Å². The van der Waals surface area contributed by atoms with Gasteiger partial charge in [-0.05, 0) is 48.7 Å². The molecule has 144 valence electrons. The molecule has 0 fully saturated rings. The number of amides is 1. The molecule has 0 saturated carbocycles. The minimum atomic E-state index is -0.344. The minimum Gasteiger partial charge on any atom is -0.493 e. The zero-order valence-electron chi connectivity index (χ0n) is 15.5. The zero-order chi connectivity index (χ0) is 19.8. The van der Waals surface area contributed by atoms with Crippen molar-refractivity contribution < 1.29 is 18.7 Å². The second kappa shape index (κ2) is 9.92. The van der Waals surface area contributed by atoms with Crippen LogP contribution in [0.4, 0.5) is 4.39 Å². The highest BCUT2D eigenvalue weighted by Gasteiger charge is 2.14. The standard InChI is InChI=1S/C20H22ClFN2O3/c1-4-13(2)27-20-17(21)9-15(10-18(20)26-3)12-23-24-19(25)11-14-5-7-16(22)8-6-14/h5-10,12-13H,4,11H2,1-3H3,(H,24,25)/b23-12+/t13-/m1/s1. The highest BCUT2D eigenvalue weighted by molar-refractivity contribution is 6.32. The lowest BCUT2D eigenvalue weighted by molar-refractivity contribution is -0.120. The van der Waals surface area contributed by atoms with E-state index in [9.17, 15) is 9.18 Å². The first-order valence-corrected chi connectivity index (χ1v) is 8.91. The number of rotatable bonds is 8. The number of methoxy groups -OCH3 is 1. The van der Waals surface area contributed by atoms with Gasteiger partial charge in [0.1, 0.15) is 5.82 Å². The molecule has 1 N–H and O–H groups in total. The Morgan fingerprint density at radius 2 is 2.04 bits per heavy atom. The van der Waals surface area contributed by atoms with E-state index in [4.69, 9.17) is 21.1 Å². The van der Waals surface area contributed by atoms with Crippen molar-refractivity contribution in [3.05, 3.63) is 58.4 Å². The Labute approximate surface area is 163 Å². The van der Waals surface area contributed by atoms with Crippen LogP contribution in [0, 0.1) is 5.82 Å². The number of halogens is 2. The van der Waals surface area contributed by atoms with Crippen LogP contribution in [0.2, 0.25) is 5.02 Å². The van der Waals surface area contributed by atoms with Crippen molar-refractivity contribution in [2.24, 2.45) is 5.10 Å². The van der Waals surface area contributed by atoms with E-state index in [1.54, 1.807) is 24.3 Å². The Balaban J connectivity index is 2.02. The number of carbonyl (C=O) groups is 1. The molecule has 27 heavy (non-hydrogen) atoms. The number of nitrogens with zero attached hydrogens (tertiary/aromatic N) is 1. The van der Waals surface area contributed by atoms with E-state index in [0.29, 0.717) is 27.6 Å². The van der Waals surface area contributed by atoms with Gasteiger partial charge in [-0.2, -0.15) is 5.10 Å². The molecule has 1 atom stereocenters. The fourth-order valence-corrected chi connectivity index (χ4v) is 2.48. The predicted octanol–water partition coefficient (Wildman–Crippen LogP) is 4.36. The number of benzene rings is 2. The van der Waals surface area contributed by atoms with Crippen molar-refractivity contribution in [3.63, 3.8) is 0 Å². The summed E-state index contributed by atoms with van der Waals surface area (Å²) in [5, 5.41) is 4.32. The summed E-state index contributed by atoms with van der Waals surface area (Å²) in [6, 6.07) is 9.13. The fraction of sp³-hybridized carbons (Fsp3) is 0.300. The Hall–Kier alpha value is -2.60. The summed E-state index contributed by atoms with van der Waals surface area (Å²) in [6.07, 6.45) is 2.40. The molecule has 2 rings (SSSR count). The average molecular weight is 393 g/mol. The van der Waals surface area contributed by atoms with Gasteiger partial charge in [0.2, 0.25) is 5.91 Å². The van der Waals surface area contributed by atoms with Gasteiger partial charge in [-0.25, -0.2) is 9.82 Å². The highest BCUT2D eigenvalue weighted by Crippen LogP contribution is 2.37. The van der Waals surface area contributed by atoms with E-state index in [0.717, 1.165) is 6.42 Å². The van der Waals surface area contributed by atoms with Crippen molar-refractivity contribution >= 4 is 23.7 Å². The average Bonchev–Trinajstić information content (AvgIpc) is 2.65. The Morgan fingerprint density at radius 3 is 2.67 bits per heavy atom. The smallest absolute Gasteiger partial charge is 0.244 e. The summed E-state index contributed by atoms with van der Waals surface area (Å²) in [5.41, 5.74) is 3.77. The number of carbonyl (C=O) groups excluding carboxylic acids is 1. The molecule has 0 aromatic heterocycles. The minimum absolute atomic E-state index is 0.00154. The van der Waals surface area contributed by atoms with Crippen molar-refractivity contribution in [1.82, 2.24) is 5.43 Å². The maximum atomic E-state index is 12.9. The molecule has 0 unspecified atom stereocenters. The molecule has 0 aliphatic heterocycles. The lowest BCUT2D eigenvalue weighted by Crippen LogP contribution is -2.19. The van der Waals surface area contributed by atoms with Crippen LogP contribution < -0.4 is 14.9 Å². The maximum absolute atomic E-state index is 12.9. The van der Waals surface area contributed by atoms with Crippen LogP contribution in [-0.2, 0) is 11.2 Å². The number of ether oxygens (including phenoxy) is 2. The fourth-order valence-electron chi connectivity index (χ4n) is 2.22. The normalized spacial score (nSPS) is 12.0. The molecule has 2 aromatic carbocycles. The van der Waals surface area contributed by atoms with Gasteiger partial charge < -0.3 is 9.47 Å². The molecule has 0 radical (unpaired) electrons. The number of hydrazone groups is 1. The second-order valence-corrected chi connectivity index (χ2v) is 6.37. The summed E-state index contributed by atoms with van der Waals surface area (Å²) in [7, 11) is 1.53. The van der Waals surface area contributed by atoms with Crippen LogP contribution in [-0.4, -0.2) is 25.3 Å². The SMILES string of the molecule is CC[C@@H](C)Oc1c(Cl)cc(/C=N/NC(=O)Cc2ccc(F)cc2)cc1OC. The molecule has 7 heteroatoms. The summed E-state index contributed by atoms with van der Waals surface area (Å²) < 4.78 is 24.0. The van der Waals surface area contributed by atoms with Crippen LogP contribution in [0.25, 0.3) is 0 Å². The molecular weight excluding hydrogens is 371 g/mol. The summed E-state index contributed by atoms with van der Waals surface area (Å²) >= 11 is 6.29. The first-order chi connectivity index (χ1) is 12.9. The molecule has 0 spiro atoms. The van der Waals surface area contributed by atoms with Gasteiger partial charge in [-0.3, -0.25) is 4.79 Å². The Morgan fingerprint density at radius 1 is 1.33 bits per heavy atom. The molecule has 0 aliphatic rings. The van der Waals surface area contributed by atoms with Crippen LogP contribution in [0.15, 0.2) is 41.5 Å². The number of hydrogen-bond donors (Lipinski definition) is 1. The largest absolute Gasteiger partial charge is 0.493 e. The summed E-state index contributed by atoms with van der Waals surface area (Å²) in [5.74, 6) is 0.310. The van der Waals surface area contributed by atoms with Crippen LogP contribution in [0.1, 0.15) is 31.4 Å². The molecule has 5 nitrogen and oxygen atoms in total. The zero-order valence-corrected chi connectivity index (χ0v) is 16.2. The third-order valence-electron chi connectivity index (χ3n) is 3.83. The first kappa shape index (κ1) is 20.7. The van der Waals surface area contributed by atoms with Gasteiger partial charge in [-0.15, -0.1) is 0 Å². The third kappa shape index (κ3) is 6.25. The molecule has 2 aromatic rings. The highest BCUT2D eigenvalue weighted by atomic mass is 35.5. The van der Waals surface area contributed by atoms with Gasteiger partial charge in [0.15, 0.2) is 11.5 Å². The van der Waals surface area contributed by atoms with Gasteiger partial charge >= 0.3 is 0 Å². The van der Waals surface area contributed by atoms with Gasteiger partial charge in [0.05, 0.1) is 30.9 Å². The van der Waals surface area contributed by atoms with Crippen molar-refractivity contribution in [1.29, 1.82) is 0 Å². The van der Waals surface area contributed by atoms with Gasteiger partial charge in [-0.1, -0.05) is 30.7 Å². The van der Waals surface area contributed by atoms with Crippen LogP contribution in [0.3, 0.4) is 0 Å². The first-order valence-electron chi connectivity index (χ1n) is 8.53. The van der Waals surface area contributed by atoms with Crippen molar-refractivity contribution in [2.75, 3.05) is 7.11 Å². The lowest BCUT2D eigenvalue weighted by Gasteiger charge is -2.17. The lowest BCUT2D eigenvalue weighted by atomic mass is 10.1. The molecule has 0 saturated heterocycles. The van der Waals surface area contributed by atoms with E-state index in [-0.39, 0.29) is 24.2 Å². The van der Waals surface area contributed by atoms with E-state index in [1.165, 1.54) is 25.5 Å². The molecular formula is C20H22ClFN2O3. The molecule has 0 aliphatic carbocycles. The monoisotopic (exact) mass is 392 g/mol. The van der Waals surface area contributed by atoms with Gasteiger partial charge in [0.25, 0.3) is 0 Å². The summed E-state index contributed by atoms with van der Waals surface area (Å²) in [6.45, 7) is 3.96. The number of nitrogens with one attached hydrogen (secondary N) is 1. The summed E-state index contributed by atoms with van der Waals surface area (Å²) in [4.78, 5) is 11.9. The third-order valence-corrected chi connectivity index (χ3v) is 4.11. The Bertz CT molecular complexity index is 810. The molecule has 0 bridgehead atoms. The molecule has 0 heterocycles. The maximum Gasteiger partial charge on any atom is 0.244 e. The van der Waals surface area contributed by atoms with Gasteiger partial charge in [0, 0.05) is 0 Å². The second-order valence-electron chi connectivity index (χ2n) is 5.97. The Kier molecular flexibility index (Phi) is 7.61. The van der Waals surface area contributed by atoms with Crippen LogP contribution in [0.5, 0.6) is 11.5 Å². The van der Waals surface area contributed by atoms with E-state index in [1.807, 2.05) is 13.8 Å². The predicted molar refractivity (Wildman–Crippen MR) is 104 cm³/mol. The van der Waals surface area contributed by atoms with E-state index in [2.05, 4.69) is 10.5 Å². The van der Waals surface area contributed by atoms with Crippen molar-refractivity contribution in [3.8, 4) is 11.5 Å². The quantitative estimate of drug-likeness (QED) is 0.536. The number of hydrogen-bond acceptors (Lipinski definition) is 4. The van der Waals surface area contributed by atoms with E-state index < -0.39 is 0 Å². The molecule has 1 amide bonds. The topological polar surface area (TPSA) is 59.9 Å².